The van der Waals surface area contributed by atoms with Gasteiger partial charge in [-0.15, -0.1) is 24.0 Å². The first-order valence-electron chi connectivity index (χ1n) is 10.00. The van der Waals surface area contributed by atoms with Crippen molar-refractivity contribution in [3.63, 3.8) is 0 Å². The van der Waals surface area contributed by atoms with Crippen LogP contribution in [0.3, 0.4) is 0 Å². The van der Waals surface area contributed by atoms with E-state index in [1.165, 1.54) is 37.7 Å². The number of likely N-dealkylation sites (tertiary alicyclic amines) is 1. The fraction of sp³-hybridized carbons (Fsp3) is 0.667. The number of piperidine rings is 1. The van der Waals surface area contributed by atoms with Crippen LogP contribution in [-0.2, 0) is 0 Å². The van der Waals surface area contributed by atoms with Crippen LogP contribution in [0.25, 0.3) is 0 Å². The number of rotatable bonds is 6. The molecule has 146 valence electrons. The van der Waals surface area contributed by atoms with Crippen molar-refractivity contribution in [2.45, 2.75) is 64.1 Å². The van der Waals surface area contributed by atoms with Crippen molar-refractivity contribution >= 4 is 29.9 Å². The molecule has 1 saturated carbocycles. The third-order valence-corrected chi connectivity index (χ3v) is 5.83. The van der Waals surface area contributed by atoms with Gasteiger partial charge in [0.15, 0.2) is 5.96 Å². The monoisotopic (exact) mass is 470 g/mol. The summed E-state index contributed by atoms with van der Waals surface area (Å²) in [6.45, 7) is 6.89. The average molecular weight is 470 g/mol. The van der Waals surface area contributed by atoms with Crippen LogP contribution in [0.15, 0.2) is 35.3 Å². The fourth-order valence-corrected chi connectivity index (χ4v) is 4.03. The van der Waals surface area contributed by atoms with E-state index in [1.807, 2.05) is 7.05 Å². The topological polar surface area (TPSA) is 39.7 Å². The van der Waals surface area contributed by atoms with Crippen LogP contribution in [0, 0.1) is 5.92 Å². The zero-order chi connectivity index (χ0) is 17.6. The van der Waals surface area contributed by atoms with Crippen LogP contribution in [0.4, 0.5) is 0 Å². The Morgan fingerprint density at radius 3 is 2.50 bits per heavy atom. The van der Waals surface area contributed by atoms with E-state index in [0.717, 1.165) is 25.0 Å². The first-order valence-corrected chi connectivity index (χ1v) is 10.00. The molecule has 26 heavy (non-hydrogen) atoms. The van der Waals surface area contributed by atoms with Gasteiger partial charge in [0.2, 0.25) is 0 Å². The van der Waals surface area contributed by atoms with Gasteiger partial charge >= 0.3 is 0 Å². The summed E-state index contributed by atoms with van der Waals surface area (Å²) >= 11 is 0. The van der Waals surface area contributed by atoms with E-state index in [4.69, 9.17) is 0 Å². The predicted octanol–water partition coefficient (Wildman–Crippen LogP) is 4.18. The molecule has 0 radical (unpaired) electrons. The lowest BCUT2D eigenvalue weighted by atomic mass is 10.0. The third-order valence-electron chi connectivity index (χ3n) is 5.83. The minimum atomic E-state index is 0. The highest BCUT2D eigenvalue weighted by atomic mass is 127. The molecule has 1 aliphatic heterocycles. The Morgan fingerprint density at radius 2 is 1.88 bits per heavy atom. The first-order chi connectivity index (χ1) is 12.2. The summed E-state index contributed by atoms with van der Waals surface area (Å²) in [6.07, 6.45) is 6.29. The summed E-state index contributed by atoms with van der Waals surface area (Å²) in [6, 6.07) is 12.5. The second kappa shape index (κ2) is 10.5. The Kier molecular flexibility index (Phi) is 8.67. The van der Waals surface area contributed by atoms with Gasteiger partial charge in [-0.05, 0) is 44.1 Å². The predicted molar refractivity (Wildman–Crippen MR) is 121 cm³/mol. The van der Waals surface area contributed by atoms with E-state index in [2.05, 4.69) is 64.7 Å². The molecule has 3 unspecified atom stereocenters. The molecule has 3 rings (SSSR count). The summed E-state index contributed by atoms with van der Waals surface area (Å²) in [4.78, 5) is 7.04. The Bertz CT molecular complexity index is 554. The molecule has 2 aliphatic rings. The van der Waals surface area contributed by atoms with E-state index in [9.17, 15) is 0 Å². The number of hydrogen-bond donors (Lipinski definition) is 2. The molecular weight excluding hydrogens is 435 g/mol. The molecule has 1 saturated heterocycles. The standard InChI is InChI=1S/C21H34N4.HI/c1-4-8-18-15-20(18)24-21(22-3)23-19-11-13-25(14-12-19)16(2)17-9-6-5-7-10-17;/h5-7,9-10,16,18-20H,4,8,11-15H2,1-3H3,(H2,22,23,24);1H. The summed E-state index contributed by atoms with van der Waals surface area (Å²) in [7, 11) is 1.89. The minimum absolute atomic E-state index is 0. The molecule has 0 bridgehead atoms. The Hall–Kier alpha value is -0.820. The van der Waals surface area contributed by atoms with Gasteiger partial charge in [0.1, 0.15) is 0 Å². The number of benzene rings is 1. The normalized spacial score (nSPS) is 25.3. The summed E-state index contributed by atoms with van der Waals surface area (Å²) in [5, 5.41) is 7.26. The van der Waals surface area contributed by atoms with Crippen LogP contribution < -0.4 is 10.6 Å². The SMILES string of the molecule is CCCC1CC1NC(=NC)NC1CCN(C(C)c2ccccc2)CC1.I. The van der Waals surface area contributed by atoms with Gasteiger partial charge in [0.05, 0.1) is 0 Å². The maximum absolute atomic E-state index is 4.44. The fourth-order valence-electron chi connectivity index (χ4n) is 4.03. The van der Waals surface area contributed by atoms with Crippen LogP contribution in [0.2, 0.25) is 0 Å². The summed E-state index contributed by atoms with van der Waals surface area (Å²) in [5.41, 5.74) is 1.42. The molecule has 5 heteroatoms. The van der Waals surface area contributed by atoms with Crippen molar-refractivity contribution < 1.29 is 0 Å². The van der Waals surface area contributed by atoms with Crippen molar-refractivity contribution in [1.82, 2.24) is 15.5 Å². The molecule has 0 amide bonds. The van der Waals surface area contributed by atoms with Crippen LogP contribution in [0.5, 0.6) is 0 Å². The maximum atomic E-state index is 4.44. The van der Waals surface area contributed by atoms with Gasteiger partial charge in [-0.2, -0.15) is 0 Å². The average Bonchev–Trinajstić information content (AvgIpc) is 3.39. The smallest absolute Gasteiger partial charge is 0.191 e. The van der Waals surface area contributed by atoms with Gasteiger partial charge in [0.25, 0.3) is 0 Å². The highest BCUT2D eigenvalue weighted by Gasteiger charge is 2.37. The number of guanidine groups is 1. The highest BCUT2D eigenvalue weighted by molar-refractivity contribution is 14.0. The Balaban J connectivity index is 0.00000243. The van der Waals surface area contributed by atoms with E-state index in [0.29, 0.717) is 18.1 Å². The minimum Gasteiger partial charge on any atom is -0.354 e. The van der Waals surface area contributed by atoms with E-state index in [-0.39, 0.29) is 24.0 Å². The van der Waals surface area contributed by atoms with E-state index >= 15 is 0 Å². The van der Waals surface area contributed by atoms with Gasteiger partial charge in [-0.25, -0.2) is 0 Å². The molecule has 1 aromatic rings. The summed E-state index contributed by atoms with van der Waals surface area (Å²) in [5.74, 6) is 1.86. The molecule has 1 aromatic carbocycles. The lowest BCUT2D eigenvalue weighted by Gasteiger charge is -2.37. The van der Waals surface area contributed by atoms with Crippen molar-refractivity contribution in [3.8, 4) is 0 Å². The molecule has 4 nitrogen and oxygen atoms in total. The van der Waals surface area contributed by atoms with Gasteiger partial charge in [-0.3, -0.25) is 9.89 Å². The largest absolute Gasteiger partial charge is 0.354 e. The van der Waals surface area contributed by atoms with Gasteiger partial charge in [-0.1, -0.05) is 43.7 Å². The lowest BCUT2D eigenvalue weighted by Crippen LogP contribution is -2.49. The number of hydrogen-bond acceptors (Lipinski definition) is 2. The Morgan fingerprint density at radius 1 is 1.19 bits per heavy atom. The van der Waals surface area contributed by atoms with E-state index < -0.39 is 0 Å². The second-order valence-corrected chi connectivity index (χ2v) is 7.65. The molecule has 0 aromatic heterocycles. The first kappa shape index (κ1) is 21.5. The third kappa shape index (κ3) is 5.84. The number of nitrogens with zero attached hydrogens (tertiary/aromatic N) is 2. The van der Waals surface area contributed by atoms with Crippen molar-refractivity contribution in [3.05, 3.63) is 35.9 Å². The van der Waals surface area contributed by atoms with Gasteiger partial charge < -0.3 is 10.6 Å². The number of nitrogens with one attached hydrogen (secondary N) is 2. The van der Waals surface area contributed by atoms with Crippen LogP contribution >= 0.6 is 24.0 Å². The number of aliphatic imine (C=N–C) groups is 1. The van der Waals surface area contributed by atoms with Crippen LogP contribution in [0.1, 0.15) is 57.6 Å². The van der Waals surface area contributed by atoms with Crippen molar-refractivity contribution in [1.29, 1.82) is 0 Å². The van der Waals surface area contributed by atoms with E-state index in [1.54, 1.807) is 0 Å². The molecule has 2 fully saturated rings. The molecule has 3 atom stereocenters. The molecule has 0 spiro atoms. The molecule has 1 heterocycles. The lowest BCUT2D eigenvalue weighted by molar-refractivity contribution is 0.158. The maximum Gasteiger partial charge on any atom is 0.191 e. The molecular formula is C21H35IN4. The molecule has 2 N–H and O–H groups in total. The zero-order valence-corrected chi connectivity index (χ0v) is 18.8. The quantitative estimate of drug-likeness (QED) is 0.372. The second-order valence-electron chi connectivity index (χ2n) is 7.65. The molecule has 1 aliphatic carbocycles. The van der Waals surface area contributed by atoms with Gasteiger partial charge in [0, 0.05) is 38.3 Å². The highest BCUT2D eigenvalue weighted by Crippen LogP contribution is 2.34. The Labute approximate surface area is 176 Å². The zero-order valence-electron chi connectivity index (χ0n) is 16.4. The van der Waals surface area contributed by atoms with Crippen LogP contribution in [-0.4, -0.2) is 43.1 Å². The number of halogens is 1. The van der Waals surface area contributed by atoms with Crippen molar-refractivity contribution in [2.24, 2.45) is 10.9 Å². The summed E-state index contributed by atoms with van der Waals surface area (Å²) < 4.78 is 0. The van der Waals surface area contributed by atoms with Crippen molar-refractivity contribution in [2.75, 3.05) is 20.1 Å².